The van der Waals surface area contributed by atoms with E-state index < -0.39 is 0 Å². The molecule has 3 nitrogen and oxygen atoms in total. The third kappa shape index (κ3) is 4.27. The van der Waals surface area contributed by atoms with Crippen LogP contribution in [0.5, 0.6) is 0 Å². The number of amides is 1. The second-order valence-corrected chi connectivity index (χ2v) is 4.26. The maximum absolute atomic E-state index is 11.3. The summed E-state index contributed by atoms with van der Waals surface area (Å²) in [4.78, 5) is 11.3. The van der Waals surface area contributed by atoms with Crippen LogP contribution < -0.4 is 10.6 Å². The molecule has 0 bridgehead atoms. The number of carbonyl (C=O) groups is 1. The highest BCUT2D eigenvalue weighted by Crippen LogP contribution is 2.06. The van der Waals surface area contributed by atoms with Crippen molar-refractivity contribution in [1.29, 1.82) is 0 Å². The van der Waals surface area contributed by atoms with Gasteiger partial charge in [-0.15, -0.1) is 0 Å². The molecule has 1 amide bonds. The molecule has 1 unspecified atom stereocenters. The van der Waals surface area contributed by atoms with Crippen molar-refractivity contribution < 1.29 is 4.79 Å². The van der Waals surface area contributed by atoms with Gasteiger partial charge in [-0.25, -0.2) is 0 Å². The van der Waals surface area contributed by atoms with Crippen LogP contribution in [0.25, 0.3) is 0 Å². The molecular formula is C10H20N2O. The lowest BCUT2D eigenvalue weighted by atomic mass is 10.1. The Kier molecular flexibility index (Phi) is 4.22. The first-order valence-corrected chi connectivity index (χ1v) is 5.16. The van der Waals surface area contributed by atoms with E-state index in [0.717, 1.165) is 19.6 Å². The van der Waals surface area contributed by atoms with Crippen molar-refractivity contribution in [2.75, 3.05) is 19.6 Å². The quantitative estimate of drug-likeness (QED) is 0.677. The summed E-state index contributed by atoms with van der Waals surface area (Å²) in [6.07, 6.45) is 1.85. The SMILES string of the molecule is CC(C)CC(=O)NCC1CCNC1. The first kappa shape index (κ1) is 10.5. The first-order chi connectivity index (χ1) is 6.18. The first-order valence-electron chi connectivity index (χ1n) is 5.16. The van der Waals surface area contributed by atoms with E-state index in [2.05, 4.69) is 24.5 Å². The summed E-state index contributed by atoms with van der Waals surface area (Å²) in [7, 11) is 0. The molecule has 1 heterocycles. The van der Waals surface area contributed by atoms with E-state index in [1.807, 2.05) is 0 Å². The molecule has 0 aromatic rings. The van der Waals surface area contributed by atoms with Crippen LogP contribution in [0.1, 0.15) is 26.7 Å². The zero-order chi connectivity index (χ0) is 9.68. The third-order valence-electron chi connectivity index (χ3n) is 2.34. The van der Waals surface area contributed by atoms with Crippen molar-refractivity contribution in [3.63, 3.8) is 0 Å². The van der Waals surface area contributed by atoms with Crippen LogP contribution in [-0.4, -0.2) is 25.5 Å². The van der Waals surface area contributed by atoms with E-state index in [0.29, 0.717) is 18.3 Å². The number of rotatable bonds is 4. The Morgan fingerprint density at radius 3 is 2.92 bits per heavy atom. The van der Waals surface area contributed by atoms with Gasteiger partial charge in [-0.3, -0.25) is 4.79 Å². The lowest BCUT2D eigenvalue weighted by molar-refractivity contribution is -0.121. The van der Waals surface area contributed by atoms with Gasteiger partial charge in [0.05, 0.1) is 0 Å². The largest absolute Gasteiger partial charge is 0.356 e. The van der Waals surface area contributed by atoms with E-state index in [-0.39, 0.29) is 5.91 Å². The van der Waals surface area contributed by atoms with Gasteiger partial charge in [0.1, 0.15) is 0 Å². The van der Waals surface area contributed by atoms with E-state index >= 15 is 0 Å². The third-order valence-corrected chi connectivity index (χ3v) is 2.34. The van der Waals surface area contributed by atoms with Crippen LogP contribution in [0.3, 0.4) is 0 Å². The minimum atomic E-state index is 0.196. The molecule has 0 aromatic carbocycles. The van der Waals surface area contributed by atoms with Gasteiger partial charge >= 0.3 is 0 Å². The predicted octanol–water partition coefficient (Wildman–Crippen LogP) is 0.758. The number of hydrogen-bond donors (Lipinski definition) is 2. The zero-order valence-electron chi connectivity index (χ0n) is 8.60. The van der Waals surface area contributed by atoms with Crippen LogP contribution in [0.4, 0.5) is 0 Å². The number of carbonyl (C=O) groups excluding carboxylic acids is 1. The van der Waals surface area contributed by atoms with Crippen molar-refractivity contribution in [3.05, 3.63) is 0 Å². The molecular weight excluding hydrogens is 164 g/mol. The molecule has 1 fully saturated rings. The molecule has 2 N–H and O–H groups in total. The fourth-order valence-electron chi connectivity index (χ4n) is 1.59. The molecule has 3 heteroatoms. The fourth-order valence-corrected chi connectivity index (χ4v) is 1.59. The van der Waals surface area contributed by atoms with Gasteiger partial charge in [0, 0.05) is 13.0 Å². The van der Waals surface area contributed by atoms with Gasteiger partial charge in [0.2, 0.25) is 5.91 Å². The number of hydrogen-bond acceptors (Lipinski definition) is 2. The normalized spacial score (nSPS) is 22.2. The van der Waals surface area contributed by atoms with E-state index in [1.54, 1.807) is 0 Å². The minimum absolute atomic E-state index is 0.196. The Morgan fingerprint density at radius 1 is 1.62 bits per heavy atom. The van der Waals surface area contributed by atoms with Gasteiger partial charge in [-0.05, 0) is 31.3 Å². The summed E-state index contributed by atoms with van der Waals surface area (Å²) >= 11 is 0. The molecule has 0 saturated carbocycles. The summed E-state index contributed by atoms with van der Waals surface area (Å²) in [6, 6.07) is 0. The highest BCUT2D eigenvalue weighted by atomic mass is 16.1. The second-order valence-electron chi connectivity index (χ2n) is 4.26. The van der Waals surface area contributed by atoms with E-state index in [1.165, 1.54) is 6.42 Å². The highest BCUT2D eigenvalue weighted by molar-refractivity contribution is 5.76. The molecule has 1 aliphatic heterocycles. The van der Waals surface area contributed by atoms with Crippen LogP contribution in [0.15, 0.2) is 0 Å². The van der Waals surface area contributed by atoms with Crippen LogP contribution >= 0.6 is 0 Å². The maximum atomic E-state index is 11.3. The van der Waals surface area contributed by atoms with Crippen molar-refractivity contribution >= 4 is 5.91 Å². The summed E-state index contributed by atoms with van der Waals surface area (Å²) in [5, 5.41) is 6.26. The Morgan fingerprint density at radius 2 is 2.38 bits per heavy atom. The molecule has 0 aromatic heterocycles. The van der Waals surface area contributed by atoms with Gasteiger partial charge in [0.25, 0.3) is 0 Å². The highest BCUT2D eigenvalue weighted by Gasteiger charge is 2.15. The monoisotopic (exact) mass is 184 g/mol. The Hall–Kier alpha value is -0.570. The van der Waals surface area contributed by atoms with E-state index in [9.17, 15) is 4.79 Å². The average Bonchev–Trinajstić information content (AvgIpc) is 2.51. The smallest absolute Gasteiger partial charge is 0.220 e. The Labute approximate surface area is 80.3 Å². The fraction of sp³-hybridized carbons (Fsp3) is 0.900. The van der Waals surface area contributed by atoms with Crippen LogP contribution in [0, 0.1) is 11.8 Å². The van der Waals surface area contributed by atoms with Crippen molar-refractivity contribution in [2.24, 2.45) is 11.8 Å². The lowest BCUT2D eigenvalue weighted by Crippen LogP contribution is -2.30. The van der Waals surface area contributed by atoms with Crippen molar-refractivity contribution in [3.8, 4) is 0 Å². The zero-order valence-corrected chi connectivity index (χ0v) is 8.60. The predicted molar refractivity (Wildman–Crippen MR) is 53.4 cm³/mol. The second kappa shape index (κ2) is 5.22. The van der Waals surface area contributed by atoms with Crippen LogP contribution in [-0.2, 0) is 4.79 Å². The Balaban J connectivity index is 2.07. The molecule has 1 saturated heterocycles. The summed E-state index contributed by atoms with van der Waals surface area (Å²) in [5.74, 6) is 1.31. The standard InChI is InChI=1S/C10H20N2O/c1-8(2)5-10(13)12-7-9-3-4-11-6-9/h8-9,11H,3-7H2,1-2H3,(H,12,13). The molecule has 1 rings (SSSR count). The molecule has 0 aliphatic carbocycles. The van der Waals surface area contributed by atoms with Crippen molar-refractivity contribution in [1.82, 2.24) is 10.6 Å². The van der Waals surface area contributed by atoms with Gasteiger partial charge in [-0.2, -0.15) is 0 Å². The molecule has 1 aliphatic rings. The molecule has 1 atom stereocenters. The van der Waals surface area contributed by atoms with E-state index in [4.69, 9.17) is 0 Å². The molecule has 13 heavy (non-hydrogen) atoms. The molecule has 0 spiro atoms. The lowest BCUT2D eigenvalue weighted by Gasteiger charge is -2.10. The maximum Gasteiger partial charge on any atom is 0.220 e. The summed E-state index contributed by atoms with van der Waals surface area (Å²) in [6.45, 7) is 7.14. The summed E-state index contributed by atoms with van der Waals surface area (Å²) < 4.78 is 0. The Bertz CT molecular complexity index is 162. The topological polar surface area (TPSA) is 41.1 Å². The van der Waals surface area contributed by atoms with Crippen molar-refractivity contribution in [2.45, 2.75) is 26.7 Å². The van der Waals surface area contributed by atoms with Crippen LogP contribution in [0.2, 0.25) is 0 Å². The van der Waals surface area contributed by atoms with Gasteiger partial charge < -0.3 is 10.6 Å². The average molecular weight is 184 g/mol. The molecule has 0 radical (unpaired) electrons. The summed E-state index contributed by atoms with van der Waals surface area (Å²) in [5.41, 5.74) is 0. The van der Waals surface area contributed by atoms with Gasteiger partial charge in [-0.1, -0.05) is 13.8 Å². The minimum Gasteiger partial charge on any atom is -0.356 e. The van der Waals surface area contributed by atoms with Gasteiger partial charge in [0.15, 0.2) is 0 Å². The molecule has 76 valence electrons. The number of nitrogens with one attached hydrogen (secondary N) is 2.